The molecule has 27 heavy (non-hydrogen) atoms. The smallest absolute Gasteiger partial charge is 0.163 e. The van der Waals surface area contributed by atoms with E-state index >= 15 is 0 Å². The number of nitrogens with zero attached hydrogens (tertiary/aromatic N) is 1. The van der Waals surface area contributed by atoms with Crippen LogP contribution in [0.2, 0.25) is 0 Å². The van der Waals surface area contributed by atoms with E-state index in [-0.39, 0.29) is 11.7 Å². The summed E-state index contributed by atoms with van der Waals surface area (Å²) in [4.78, 5) is 17.6. The number of rotatable bonds is 6. The highest BCUT2D eigenvalue weighted by Gasteiger charge is 2.18. The molecule has 4 rings (SSSR count). The number of Topliss-reactive ketones (excluding diaryl/α,β-unsaturated/α-hetero) is 1. The predicted octanol–water partition coefficient (Wildman–Crippen LogP) is 5.83. The standard InChI is InChI=1S/C25H21NO/c27-25(21-12-5-2-6-13-21)18-22(19-9-3-1-4-10-19)17-23-16-15-20-11-7-8-14-24(20)26-23/h1-16,22H,17-18H2. The van der Waals surface area contributed by atoms with Gasteiger partial charge in [0.25, 0.3) is 0 Å². The summed E-state index contributed by atoms with van der Waals surface area (Å²) in [5, 5.41) is 1.14. The van der Waals surface area contributed by atoms with Crippen molar-refractivity contribution < 1.29 is 4.79 Å². The van der Waals surface area contributed by atoms with Crippen molar-refractivity contribution in [3.8, 4) is 0 Å². The van der Waals surface area contributed by atoms with E-state index in [4.69, 9.17) is 4.98 Å². The van der Waals surface area contributed by atoms with Crippen LogP contribution in [0.15, 0.2) is 97.1 Å². The van der Waals surface area contributed by atoms with Crippen molar-refractivity contribution in [3.63, 3.8) is 0 Å². The van der Waals surface area contributed by atoms with Gasteiger partial charge in [0.05, 0.1) is 5.52 Å². The Kier molecular flexibility index (Phi) is 5.06. The second-order valence-electron chi connectivity index (χ2n) is 6.80. The van der Waals surface area contributed by atoms with Gasteiger partial charge < -0.3 is 0 Å². The molecular weight excluding hydrogens is 330 g/mol. The summed E-state index contributed by atoms with van der Waals surface area (Å²) >= 11 is 0. The van der Waals surface area contributed by atoms with Crippen LogP contribution < -0.4 is 0 Å². The monoisotopic (exact) mass is 351 g/mol. The zero-order valence-electron chi connectivity index (χ0n) is 15.1. The van der Waals surface area contributed by atoms with Crippen molar-refractivity contribution in [1.82, 2.24) is 4.98 Å². The third-order valence-electron chi connectivity index (χ3n) is 4.91. The molecule has 1 atom stereocenters. The first kappa shape index (κ1) is 17.2. The van der Waals surface area contributed by atoms with Gasteiger partial charge in [0.15, 0.2) is 5.78 Å². The van der Waals surface area contributed by atoms with E-state index in [1.54, 1.807) is 0 Å². The molecule has 132 valence electrons. The Hall–Kier alpha value is -3.26. The molecule has 0 aliphatic heterocycles. The zero-order chi connectivity index (χ0) is 18.5. The van der Waals surface area contributed by atoms with Crippen LogP contribution in [0.4, 0.5) is 0 Å². The molecule has 2 nitrogen and oxygen atoms in total. The largest absolute Gasteiger partial charge is 0.294 e. The Labute approximate surface area is 159 Å². The summed E-state index contributed by atoms with van der Waals surface area (Å²) in [6.07, 6.45) is 1.22. The fraction of sp³-hybridized carbons (Fsp3) is 0.120. The van der Waals surface area contributed by atoms with Crippen molar-refractivity contribution in [2.24, 2.45) is 0 Å². The van der Waals surface area contributed by atoms with Gasteiger partial charge in [-0.3, -0.25) is 9.78 Å². The normalized spacial score (nSPS) is 12.0. The molecule has 0 aliphatic carbocycles. The fourth-order valence-corrected chi connectivity index (χ4v) is 3.47. The molecule has 0 bridgehead atoms. The topological polar surface area (TPSA) is 30.0 Å². The van der Waals surface area contributed by atoms with Crippen molar-refractivity contribution in [3.05, 3.63) is 114 Å². The van der Waals surface area contributed by atoms with Crippen LogP contribution in [0.5, 0.6) is 0 Å². The molecule has 0 spiro atoms. The number of hydrogen-bond acceptors (Lipinski definition) is 2. The third kappa shape index (κ3) is 4.12. The lowest BCUT2D eigenvalue weighted by molar-refractivity contribution is 0.0973. The molecule has 1 heterocycles. The summed E-state index contributed by atoms with van der Waals surface area (Å²) in [6.45, 7) is 0. The van der Waals surface area contributed by atoms with Gasteiger partial charge >= 0.3 is 0 Å². The molecule has 2 heteroatoms. The van der Waals surface area contributed by atoms with Crippen molar-refractivity contribution >= 4 is 16.7 Å². The second kappa shape index (κ2) is 7.96. The van der Waals surface area contributed by atoms with Gasteiger partial charge in [0.1, 0.15) is 0 Å². The van der Waals surface area contributed by atoms with Crippen LogP contribution in [0.1, 0.15) is 34.0 Å². The number of hydrogen-bond donors (Lipinski definition) is 0. The van der Waals surface area contributed by atoms with Gasteiger partial charge in [-0.2, -0.15) is 0 Å². The van der Waals surface area contributed by atoms with Gasteiger partial charge in [-0.15, -0.1) is 0 Å². The van der Waals surface area contributed by atoms with Crippen LogP contribution in [-0.4, -0.2) is 10.8 Å². The van der Waals surface area contributed by atoms with Gasteiger partial charge in [-0.05, 0) is 30.0 Å². The van der Waals surface area contributed by atoms with E-state index in [9.17, 15) is 4.79 Å². The number of ketones is 1. The lowest BCUT2D eigenvalue weighted by atomic mass is 9.87. The molecule has 1 unspecified atom stereocenters. The molecular formula is C25H21NO. The van der Waals surface area contributed by atoms with Crippen LogP contribution in [0.3, 0.4) is 0 Å². The number of pyridine rings is 1. The number of aromatic nitrogens is 1. The zero-order valence-corrected chi connectivity index (χ0v) is 15.1. The molecule has 0 fully saturated rings. The van der Waals surface area contributed by atoms with Gasteiger partial charge in [-0.25, -0.2) is 0 Å². The summed E-state index contributed by atoms with van der Waals surface area (Å²) in [7, 11) is 0. The number of carbonyl (C=O) groups excluding carboxylic acids is 1. The van der Waals surface area contributed by atoms with E-state index in [0.29, 0.717) is 6.42 Å². The quantitative estimate of drug-likeness (QED) is 0.409. The Morgan fingerprint density at radius 1 is 0.741 bits per heavy atom. The minimum atomic E-state index is 0.104. The Morgan fingerprint density at radius 3 is 2.19 bits per heavy atom. The molecule has 4 aromatic rings. The molecule has 3 aromatic carbocycles. The van der Waals surface area contributed by atoms with Crippen LogP contribution in [0, 0.1) is 0 Å². The first-order valence-corrected chi connectivity index (χ1v) is 9.27. The molecule has 0 radical (unpaired) electrons. The van der Waals surface area contributed by atoms with Crippen molar-refractivity contribution in [2.75, 3.05) is 0 Å². The molecule has 0 aliphatic rings. The van der Waals surface area contributed by atoms with E-state index in [1.807, 2.05) is 66.7 Å². The van der Waals surface area contributed by atoms with E-state index in [2.05, 4.69) is 30.3 Å². The highest BCUT2D eigenvalue weighted by molar-refractivity contribution is 5.96. The highest BCUT2D eigenvalue weighted by Crippen LogP contribution is 2.26. The average molecular weight is 351 g/mol. The van der Waals surface area contributed by atoms with Gasteiger partial charge in [0, 0.05) is 23.1 Å². The molecule has 0 N–H and O–H groups in total. The second-order valence-corrected chi connectivity index (χ2v) is 6.80. The number of carbonyl (C=O) groups is 1. The average Bonchev–Trinajstić information content (AvgIpc) is 2.74. The Balaban J connectivity index is 1.62. The minimum Gasteiger partial charge on any atom is -0.294 e. The number of benzene rings is 3. The first-order valence-electron chi connectivity index (χ1n) is 9.27. The Morgan fingerprint density at radius 2 is 1.41 bits per heavy atom. The summed E-state index contributed by atoms with van der Waals surface area (Å²) in [5.74, 6) is 0.276. The maximum Gasteiger partial charge on any atom is 0.163 e. The van der Waals surface area contributed by atoms with E-state index in [0.717, 1.165) is 28.6 Å². The molecule has 0 saturated carbocycles. The van der Waals surface area contributed by atoms with E-state index in [1.165, 1.54) is 5.56 Å². The van der Waals surface area contributed by atoms with Crippen molar-refractivity contribution in [2.45, 2.75) is 18.8 Å². The summed E-state index contributed by atoms with van der Waals surface area (Å²) in [6, 6.07) is 32.1. The molecule has 0 saturated heterocycles. The third-order valence-corrected chi connectivity index (χ3v) is 4.91. The summed E-state index contributed by atoms with van der Waals surface area (Å²) < 4.78 is 0. The first-order chi connectivity index (χ1) is 13.3. The molecule has 1 aromatic heterocycles. The maximum absolute atomic E-state index is 12.8. The van der Waals surface area contributed by atoms with Gasteiger partial charge in [-0.1, -0.05) is 84.9 Å². The SMILES string of the molecule is O=C(CC(Cc1ccc2ccccc2n1)c1ccccc1)c1ccccc1. The van der Waals surface area contributed by atoms with Crippen molar-refractivity contribution in [1.29, 1.82) is 0 Å². The fourth-order valence-electron chi connectivity index (χ4n) is 3.47. The lowest BCUT2D eigenvalue weighted by Crippen LogP contribution is -2.11. The predicted molar refractivity (Wildman–Crippen MR) is 110 cm³/mol. The van der Waals surface area contributed by atoms with Gasteiger partial charge in [0.2, 0.25) is 0 Å². The number of para-hydroxylation sites is 1. The van der Waals surface area contributed by atoms with Crippen LogP contribution in [0.25, 0.3) is 10.9 Å². The Bertz CT molecular complexity index is 1040. The lowest BCUT2D eigenvalue weighted by Gasteiger charge is -2.17. The molecule has 0 amide bonds. The van der Waals surface area contributed by atoms with Crippen LogP contribution >= 0.6 is 0 Å². The number of fused-ring (bicyclic) bond motifs is 1. The maximum atomic E-state index is 12.8. The minimum absolute atomic E-state index is 0.104. The summed E-state index contributed by atoms with van der Waals surface area (Å²) in [5.41, 5.74) is 3.96. The van der Waals surface area contributed by atoms with Crippen LogP contribution in [-0.2, 0) is 6.42 Å². The van der Waals surface area contributed by atoms with E-state index < -0.39 is 0 Å². The highest BCUT2D eigenvalue weighted by atomic mass is 16.1.